The predicted octanol–water partition coefficient (Wildman–Crippen LogP) is 5.48. The van der Waals surface area contributed by atoms with Crippen LogP contribution in [0.25, 0.3) is 0 Å². The lowest BCUT2D eigenvalue weighted by atomic mass is 9.85. The molecule has 1 aliphatic rings. The monoisotopic (exact) mass is 608 g/mol. The molecule has 1 aliphatic carbocycles. The van der Waals surface area contributed by atoms with Crippen molar-refractivity contribution in [1.82, 2.24) is 0 Å². The molecule has 0 radical (unpaired) electrons. The second-order valence-corrected chi connectivity index (χ2v) is 11.4. The molecule has 0 spiro atoms. The summed E-state index contributed by atoms with van der Waals surface area (Å²) in [6.07, 6.45) is 10.4. The molecule has 2 rings (SSSR count). The molecule has 0 aromatic heterocycles. The summed E-state index contributed by atoms with van der Waals surface area (Å²) in [6.45, 7) is 6.11. The number of aliphatic hydroxyl groups is 1. The molecule has 1 aromatic carbocycles. The van der Waals surface area contributed by atoms with E-state index in [1.165, 1.54) is 5.56 Å². The van der Waals surface area contributed by atoms with E-state index in [0.717, 1.165) is 44.9 Å². The number of aliphatic hydroxyl groups excluding tert-OH is 1. The van der Waals surface area contributed by atoms with Crippen LogP contribution in [0.5, 0.6) is 0 Å². The summed E-state index contributed by atoms with van der Waals surface area (Å²) < 4.78 is 38.9. The number of methoxy groups -OCH3 is 2. The lowest BCUT2D eigenvalue weighted by molar-refractivity contribution is -0.147. The Morgan fingerprint density at radius 3 is 2.37 bits per heavy atom. The standard InChI is InChI=1S/C34H56O9/c1-27(2)43-34(36)15-11-6-5-10-14-30-31(33(24-32(30)35)42-26-40-23-21-38-4)19-18-29(41-25-39-22-20-37-3)17-16-28-12-8-7-9-13-28/h5,7-10,12-13,27,29-33,35H,6,11,14-26H2,1-4H3/t29?,30-,31-,32+,33-/m1/s1. The summed E-state index contributed by atoms with van der Waals surface area (Å²) in [5.74, 6) is 0.0679. The minimum atomic E-state index is -0.458. The van der Waals surface area contributed by atoms with Crippen molar-refractivity contribution in [3.63, 3.8) is 0 Å². The predicted molar refractivity (Wildman–Crippen MR) is 166 cm³/mol. The second kappa shape index (κ2) is 23.5. The molecule has 1 fully saturated rings. The number of carbonyl (C=O) groups excluding carboxylic acids is 1. The van der Waals surface area contributed by atoms with E-state index >= 15 is 0 Å². The lowest BCUT2D eigenvalue weighted by Crippen LogP contribution is -2.27. The Morgan fingerprint density at radius 1 is 0.953 bits per heavy atom. The minimum absolute atomic E-state index is 0.0147. The number of hydrogen-bond donors (Lipinski definition) is 1. The van der Waals surface area contributed by atoms with Gasteiger partial charge in [0.2, 0.25) is 0 Å². The SMILES string of the molecule is COCCOCOC(CCc1ccccc1)CC[C@@H]1[C@@H](CC=CCCCC(=O)OC(C)C)[C@@H](O)C[C@H]1OCOCCOC. The van der Waals surface area contributed by atoms with Crippen molar-refractivity contribution < 1.29 is 43.1 Å². The van der Waals surface area contributed by atoms with E-state index < -0.39 is 6.10 Å². The second-order valence-electron chi connectivity index (χ2n) is 11.4. The Kier molecular flexibility index (Phi) is 20.4. The molecular weight excluding hydrogens is 552 g/mol. The van der Waals surface area contributed by atoms with Crippen molar-refractivity contribution in [3.8, 4) is 0 Å². The molecule has 246 valence electrons. The first-order chi connectivity index (χ1) is 20.9. The summed E-state index contributed by atoms with van der Waals surface area (Å²) >= 11 is 0. The average molecular weight is 609 g/mol. The van der Waals surface area contributed by atoms with E-state index in [2.05, 4.69) is 36.4 Å². The summed E-state index contributed by atoms with van der Waals surface area (Å²) in [5.41, 5.74) is 1.28. The third-order valence-corrected chi connectivity index (χ3v) is 7.73. The molecule has 1 N–H and O–H groups in total. The number of aryl methyl sites for hydroxylation is 1. The van der Waals surface area contributed by atoms with Crippen LogP contribution in [0.2, 0.25) is 0 Å². The molecule has 5 atom stereocenters. The smallest absolute Gasteiger partial charge is 0.306 e. The number of benzene rings is 1. The summed E-state index contributed by atoms with van der Waals surface area (Å²) in [5, 5.41) is 11.1. The van der Waals surface area contributed by atoms with Gasteiger partial charge in [0, 0.05) is 27.1 Å². The van der Waals surface area contributed by atoms with Crippen LogP contribution < -0.4 is 0 Å². The van der Waals surface area contributed by atoms with Gasteiger partial charge in [-0.2, -0.15) is 0 Å². The van der Waals surface area contributed by atoms with Crippen molar-refractivity contribution in [3.05, 3.63) is 48.0 Å². The van der Waals surface area contributed by atoms with E-state index in [-0.39, 0.29) is 49.7 Å². The fourth-order valence-corrected chi connectivity index (χ4v) is 5.47. The number of ether oxygens (including phenoxy) is 7. The van der Waals surface area contributed by atoms with Gasteiger partial charge in [-0.25, -0.2) is 0 Å². The van der Waals surface area contributed by atoms with Crippen LogP contribution in [0, 0.1) is 11.8 Å². The van der Waals surface area contributed by atoms with Gasteiger partial charge < -0.3 is 38.3 Å². The van der Waals surface area contributed by atoms with Crippen LogP contribution in [0.4, 0.5) is 0 Å². The molecule has 9 heteroatoms. The number of hydrogen-bond acceptors (Lipinski definition) is 9. The molecule has 43 heavy (non-hydrogen) atoms. The topological polar surface area (TPSA) is 102 Å². The first-order valence-electron chi connectivity index (χ1n) is 15.9. The van der Waals surface area contributed by atoms with Crippen molar-refractivity contribution in [2.24, 2.45) is 11.8 Å². The number of rotatable bonds is 25. The molecule has 9 nitrogen and oxygen atoms in total. The number of allylic oxidation sites excluding steroid dienone is 2. The highest BCUT2D eigenvalue weighted by atomic mass is 16.7. The molecule has 0 amide bonds. The van der Waals surface area contributed by atoms with Crippen molar-refractivity contribution in [2.75, 3.05) is 54.2 Å². The number of carbonyl (C=O) groups is 1. The molecule has 1 unspecified atom stereocenters. The van der Waals surface area contributed by atoms with Gasteiger partial charge in [-0.3, -0.25) is 4.79 Å². The van der Waals surface area contributed by atoms with Crippen molar-refractivity contribution in [1.29, 1.82) is 0 Å². The highest BCUT2D eigenvalue weighted by Gasteiger charge is 2.42. The maximum Gasteiger partial charge on any atom is 0.306 e. The summed E-state index contributed by atoms with van der Waals surface area (Å²) in [7, 11) is 3.29. The summed E-state index contributed by atoms with van der Waals surface area (Å²) in [4.78, 5) is 11.8. The van der Waals surface area contributed by atoms with Gasteiger partial charge in [0.15, 0.2) is 0 Å². The number of esters is 1. The third kappa shape index (κ3) is 16.7. The Morgan fingerprint density at radius 2 is 1.67 bits per heavy atom. The van der Waals surface area contributed by atoms with Crippen LogP contribution in [-0.4, -0.2) is 89.7 Å². The normalized spacial score (nSPS) is 21.2. The van der Waals surface area contributed by atoms with Gasteiger partial charge in [-0.15, -0.1) is 0 Å². The lowest BCUT2D eigenvalue weighted by Gasteiger charge is -2.27. The Hall–Kier alpha value is -1.85. The van der Waals surface area contributed by atoms with Gasteiger partial charge in [0.25, 0.3) is 0 Å². The van der Waals surface area contributed by atoms with Crippen LogP contribution in [-0.2, 0) is 44.4 Å². The first-order valence-corrected chi connectivity index (χ1v) is 15.9. The highest BCUT2D eigenvalue weighted by molar-refractivity contribution is 5.69. The van der Waals surface area contributed by atoms with Crippen LogP contribution in [0.15, 0.2) is 42.5 Å². The Bertz CT molecular complexity index is 848. The van der Waals surface area contributed by atoms with Crippen LogP contribution in [0.1, 0.15) is 70.8 Å². The molecular formula is C34H56O9. The first kappa shape index (κ1) is 37.3. The maximum atomic E-state index is 11.8. The molecule has 0 aliphatic heterocycles. The quantitative estimate of drug-likeness (QED) is 0.0670. The van der Waals surface area contributed by atoms with Crippen molar-refractivity contribution in [2.45, 2.75) is 96.1 Å². The highest BCUT2D eigenvalue weighted by Crippen LogP contribution is 2.40. The molecule has 0 bridgehead atoms. The van der Waals surface area contributed by atoms with Gasteiger partial charge in [-0.1, -0.05) is 42.5 Å². The number of unbranched alkanes of at least 4 members (excludes halogenated alkanes) is 1. The van der Waals surface area contributed by atoms with Gasteiger partial charge in [-0.05, 0) is 76.2 Å². The average Bonchev–Trinajstić information content (AvgIpc) is 3.29. The van der Waals surface area contributed by atoms with Gasteiger partial charge >= 0.3 is 5.97 Å². The van der Waals surface area contributed by atoms with Gasteiger partial charge in [0.1, 0.15) is 13.6 Å². The molecule has 0 saturated heterocycles. The fraction of sp³-hybridized carbons (Fsp3) is 0.735. The van der Waals surface area contributed by atoms with E-state index in [0.29, 0.717) is 39.3 Å². The van der Waals surface area contributed by atoms with E-state index in [4.69, 9.17) is 33.2 Å². The maximum absolute atomic E-state index is 11.8. The van der Waals surface area contributed by atoms with E-state index in [1.54, 1.807) is 14.2 Å². The molecule has 1 saturated carbocycles. The zero-order chi connectivity index (χ0) is 31.1. The van der Waals surface area contributed by atoms with Crippen LogP contribution >= 0.6 is 0 Å². The summed E-state index contributed by atoms with van der Waals surface area (Å²) in [6, 6.07) is 10.4. The zero-order valence-electron chi connectivity index (χ0n) is 26.8. The van der Waals surface area contributed by atoms with Gasteiger partial charge in [0.05, 0.1) is 50.8 Å². The Labute approximate surface area is 259 Å². The van der Waals surface area contributed by atoms with Crippen LogP contribution in [0.3, 0.4) is 0 Å². The molecule has 0 heterocycles. The Balaban J connectivity index is 1.98. The van der Waals surface area contributed by atoms with Crippen molar-refractivity contribution >= 4 is 5.97 Å². The van der Waals surface area contributed by atoms with E-state index in [1.807, 2.05) is 19.9 Å². The fourth-order valence-electron chi connectivity index (χ4n) is 5.47. The molecule has 1 aromatic rings. The van der Waals surface area contributed by atoms with E-state index in [9.17, 15) is 9.90 Å². The largest absolute Gasteiger partial charge is 0.463 e. The zero-order valence-corrected chi connectivity index (χ0v) is 26.8. The third-order valence-electron chi connectivity index (χ3n) is 7.73. The minimum Gasteiger partial charge on any atom is -0.463 e.